The van der Waals surface area contributed by atoms with Crippen LogP contribution in [0.15, 0.2) is 47.5 Å². The van der Waals surface area contributed by atoms with Gasteiger partial charge in [0.15, 0.2) is 17.5 Å². The highest BCUT2D eigenvalue weighted by atomic mass is 16.5. The van der Waals surface area contributed by atoms with Crippen LogP contribution in [0.1, 0.15) is 60.0 Å². The number of carbonyl (C=O) groups excluding carboxylic acids is 3. The maximum absolute atomic E-state index is 13.2. The topological polar surface area (TPSA) is 141 Å². The van der Waals surface area contributed by atoms with Gasteiger partial charge >= 0.3 is 5.97 Å². The Labute approximate surface area is 229 Å². The molecule has 0 aromatic heterocycles. The van der Waals surface area contributed by atoms with E-state index in [1.54, 1.807) is 49.6 Å². The van der Waals surface area contributed by atoms with Gasteiger partial charge in [-0.2, -0.15) is 4.99 Å². The fourth-order valence-electron chi connectivity index (χ4n) is 4.73. The molecule has 1 fully saturated rings. The van der Waals surface area contributed by atoms with Gasteiger partial charge in [-0.15, -0.1) is 0 Å². The van der Waals surface area contributed by atoms with Gasteiger partial charge in [-0.1, -0.05) is 50.3 Å². The van der Waals surface area contributed by atoms with E-state index < -0.39 is 17.9 Å². The fraction of sp³-hybridized carbons (Fsp3) is 0.448. The van der Waals surface area contributed by atoms with Gasteiger partial charge in [-0.25, -0.2) is 4.79 Å². The van der Waals surface area contributed by atoms with Gasteiger partial charge in [0.25, 0.3) is 5.91 Å². The van der Waals surface area contributed by atoms with Gasteiger partial charge in [-0.3, -0.25) is 9.59 Å². The highest BCUT2D eigenvalue weighted by molar-refractivity contribution is 5.95. The molecule has 3 rings (SSSR count). The number of rotatable bonds is 11. The second kappa shape index (κ2) is 14.8. The summed E-state index contributed by atoms with van der Waals surface area (Å²) in [6, 6.07) is 11.4. The van der Waals surface area contributed by atoms with Crippen LogP contribution in [-0.2, 0) is 27.3 Å². The van der Waals surface area contributed by atoms with Crippen LogP contribution < -0.4 is 25.8 Å². The van der Waals surface area contributed by atoms with Gasteiger partial charge < -0.3 is 30.6 Å². The molecule has 0 saturated heterocycles. The summed E-state index contributed by atoms with van der Waals surface area (Å²) < 4.78 is 15.2. The summed E-state index contributed by atoms with van der Waals surface area (Å²) in [7, 11) is 4.40. The van der Waals surface area contributed by atoms with Gasteiger partial charge in [0.2, 0.25) is 5.91 Å². The zero-order chi connectivity index (χ0) is 28.2. The summed E-state index contributed by atoms with van der Waals surface area (Å²) in [5.74, 6) is 0.266. The smallest absolute Gasteiger partial charge is 0.337 e. The second-order valence-corrected chi connectivity index (χ2v) is 9.60. The molecule has 2 aromatic rings. The number of ether oxygens (including phenoxy) is 3. The number of carbonyl (C=O) groups is 3. The van der Waals surface area contributed by atoms with Crippen molar-refractivity contribution in [1.29, 1.82) is 0 Å². The van der Waals surface area contributed by atoms with Crippen LogP contribution in [0.25, 0.3) is 0 Å². The number of hydrogen-bond donors (Lipinski definition) is 3. The minimum Gasteiger partial charge on any atom is -0.493 e. The van der Waals surface area contributed by atoms with Crippen molar-refractivity contribution in [3.8, 4) is 11.5 Å². The maximum Gasteiger partial charge on any atom is 0.337 e. The van der Waals surface area contributed by atoms with E-state index in [2.05, 4.69) is 15.6 Å². The Morgan fingerprint density at radius 1 is 0.949 bits per heavy atom. The standard InChI is InChI=1S/C29H38N4O6/c1-37-24-14-11-21(16-25(24)38-2)17-26(34)33-29(30)32-23(15-19-7-5-4-6-8-19)27(35)31-18-20-9-12-22(13-10-20)28(36)39-3/h9-14,16,19,23H,4-8,15,17-18H2,1-3H3,(H,31,35)(H3,30,32,33,34). The van der Waals surface area contributed by atoms with Gasteiger partial charge in [-0.05, 0) is 47.7 Å². The van der Waals surface area contributed by atoms with Gasteiger partial charge in [0.1, 0.15) is 6.04 Å². The van der Waals surface area contributed by atoms with E-state index in [9.17, 15) is 14.4 Å². The third-order valence-corrected chi connectivity index (χ3v) is 6.82. The number of nitrogens with zero attached hydrogens (tertiary/aromatic N) is 1. The van der Waals surface area contributed by atoms with Crippen molar-refractivity contribution in [2.75, 3.05) is 21.3 Å². The van der Waals surface area contributed by atoms with Crippen LogP contribution in [0.4, 0.5) is 0 Å². The van der Waals surface area contributed by atoms with Crippen LogP contribution in [0.2, 0.25) is 0 Å². The number of aliphatic imine (C=N–C) groups is 1. The maximum atomic E-state index is 13.2. The first-order valence-electron chi connectivity index (χ1n) is 13.1. The summed E-state index contributed by atoms with van der Waals surface area (Å²) in [6.07, 6.45) is 6.19. The van der Waals surface area contributed by atoms with Crippen molar-refractivity contribution in [2.45, 2.75) is 57.5 Å². The molecule has 1 atom stereocenters. The van der Waals surface area contributed by atoms with Crippen molar-refractivity contribution < 1.29 is 28.6 Å². The molecule has 1 aliphatic carbocycles. The highest BCUT2D eigenvalue weighted by Crippen LogP contribution is 2.28. The number of hydrogen-bond acceptors (Lipinski definition) is 6. The van der Waals surface area contributed by atoms with E-state index in [4.69, 9.17) is 19.9 Å². The first-order valence-corrected chi connectivity index (χ1v) is 13.1. The first-order chi connectivity index (χ1) is 18.8. The molecular formula is C29H38N4O6. The first kappa shape index (κ1) is 29.5. The monoisotopic (exact) mass is 538 g/mol. The van der Waals surface area contributed by atoms with Crippen molar-refractivity contribution >= 4 is 23.7 Å². The van der Waals surface area contributed by atoms with Crippen LogP contribution in [0, 0.1) is 5.92 Å². The summed E-state index contributed by atoms with van der Waals surface area (Å²) in [6.45, 7) is 0.276. The summed E-state index contributed by atoms with van der Waals surface area (Å²) in [5, 5.41) is 5.91. The van der Waals surface area contributed by atoms with Crippen LogP contribution in [0.5, 0.6) is 11.5 Å². The highest BCUT2D eigenvalue weighted by Gasteiger charge is 2.25. The van der Waals surface area contributed by atoms with Crippen molar-refractivity contribution in [3.63, 3.8) is 0 Å². The normalized spacial score (nSPS) is 14.7. The lowest BCUT2D eigenvalue weighted by atomic mass is 9.84. The number of amides is 2. The SMILES string of the molecule is COC(=O)c1ccc(CNC(=O)C(CC2CCCCC2)NC(N)=NC(=O)Cc2ccc(OC)c(OC)c2)cc1. The summed E-state index contributed by atoms with van der Waals surface area (Å²) >= 11 is 0. The molecule has 10 nitrogen and oxygen atoms in total. The lowest BCUT2D eigenvalue weighted by Crippen LogP contribution is -2.50. The van der Waals surface area contributed by atoms with Crippen LogP contribution in [-0.4, -0.2) is 51.1 Å². The molecule has 2 amide bonds. The largest absolute Gasteiger partial charge is 0.493 e. The number of nitrogens with two attached hydrogens (primary N) is 1. The number of nitrogens with one attached hydrogen (secondary N) is 2. The average molecular weight is 539 g/mol. The van der Waals surface area contributed by atoms with Gasteiger partial charge in [0.05, 0.1) is 33.3 Å². The molecule has 0 radical (unpaired) electrons. The number of guanidine groups is 1. The van der Waals surface area contributed by atoms with Crippen molar-refractivity contribution in [1.82, 2.24) is 10.6 Å². The molecule has 210 valence electrons. The molecular weight excluding hydrogens is 500 g/mol. The number of methoxy groups -OCH3 is 3. The Morgan fingerprint density at radius 2 is 1.62 bits per heavy atom. The predicted molar refractivity (Wildman–Crippen MR) is 148 cm³/mol. The van der Waals surface area contributed by atoms with E-state index in [1.165, 1.54) is 20.6 Å². The molecule has 0 spiro atoms. The van der Waals surface area contributed by atoms with E-state index in [-0.39, 0.29) is 24.8 Å². The number of benzene rings is 2. The molecule has 10 heteroatoms. The van der Waals surface area contributed by atoms with Crippen LogP contribution >= 0.6 is 0 Å². The Bertz CT molecular complexity index is 1160. The molecule has 4 N–H and O–H groups in total. The minimum absolute atomic E-state index is 0.0177. The summed E-state index contributed by atoms with van der Waals surface area (Å²) in [4.78, 5) is 41.4. The molecule has 1 unspecified atom stereocenters. The Hall–Kier alpha value is -4.08. The quantitative estimate of drug-likeness (QED) is 0.225. The molecule has 0 heterocycles. The van der Waals surface area contributed by atoms with Crippen molar-refractivity contribution in [3.05, 3.63) is 59.2 Å². The van der Waals surface area contributed by atoms with Gasteiger partial charge in [0, 0.05) is 6.54 Å². The van der Waals surface area contributed by atoms with E-state index in [0.29, 0.717) is 35.0 Å². The van der Waals surface area contributed by atoms with Crippen molar-refractivity contribution in [2.24, 2.45) is 16.6 Å². The number of esters is 1. The fourth-order valence-corrected chi connectivity index (χ4v) is 4.73. The average Bonchev–Trinajstić information content (AvgIpc) is 2.95. The lowest BCUT2D eigenvalue weighted by molar-refractivity contribution is -0.123. The molecule has 1 saturated carbocycles. The zero-order valence-corrected chi connectivity index (χ0v) is 22.8. The molecule has 39 heavy (non-hydrogen) atoms. The Morgan fingerprint density at radius 3 is 2.26 bits per heavy atom. The molecule has 0 aliphatic heterocycles. The minimum atomic E-state index is -0.639. The van der Waals surface area contributed by atoms with E-state index in [0.717, 1.165) is 31.2 Å². The molecule has 2 aromatic carbocycles. The summed E-state index contributed by atoms with van der Waals surface area (Å²) in [5.41, 5.74) is 8.06. The molecule has 0 bridgehead atoms. The molecule has 1 aliphatic rings. The van der Waals surface area contributed by atoms with Crippen LogP contribution in [0.3, 0.4) is 0 Å². The third kappa shape index (κ3) is 9.01. The third-order valence-electron chi connectivity index (χ3n) is 6.82. The lowest BCUT2D eigenvalue weighted by Gasteiger charge is -2.27. The second-order valence-electron chi connectivity index (χ2n) is 9.60. The van der Waals surface area contributed by atoms with E-state index >= 15 is 0 Å². The Balaban J connectivity index is 1.64. The Kier molecular flexibility index (Phi) is 11.1. The zero-order valence-electron chi connectivity index (χ0n) is 22.8. The predicted octanol–water partition coefficient (Wildman–Crippen LogP) is 3.12. The van der Waals surface area contributed by atoms with E-state index in [1.807, 2.05) is 0 Å².